The van der Waals surface area contributed by atoms with Crippen molar-refractivity contribution in [2.75, 3.05) is 38.3 Å². The number of aryl methyl sites for hydroxylation is 1. The van der Waals surface area contributed by atoms with Crippen molar-refractivity contribution in [2.45, 2.75) is 83.4 Å². The normalized spacial score (nSPS) is 19.6. The molecule has 3 aliphatic rings. The average Bonchev–Trinajstić information content (AvgIpc) is 2.87. The minimum Gasteiger partial charge on any atom is -0.475 e. The first kappa shape index (κ1) is 26.3. The summed E-state index contributed by atoms with van der Waals surface area (Å²) in [4.78, 5) is 43.0. The molecule has 3 amide bonds. The van der Waals surface area contributed by atoms with Gasteiger partial charge in [-0.2, -0.15) is 0 Å². The Morgan fingerprint density at radius 1 is 1.19 bits per heavy atom. The molecule has 0 aromatic heterocycles. The van der Waals surface area contributed by atoms with Gasteiger partial charge in [0.15, 0.2) is 5.60 Å². The fourth-order valence-electron chi connectivity index (χ4n) is 5.70. The monoisotopic (exact) mass is 501 g/mol. The topological polar surface area (TPSA) is 97.4 Å². The molecule has 0 atom stereocenters. The highest BCUT2D eigenvalue weighted by molar-refractivity contribution is 6.05. The quantitative estimate of drug-likeness (QED) is 0.637. The van der Waals surface area contributed by atoms with Gasteiger partial charge in [-0.25, -0.2) is 4.79 Å². The summed E-state index contributed by atoms with van der Waals surface area (Å²) in [6.07, 6.45) is 5.88. The zero-order valence-corrected chi connectivity index (χ0v) is 21.9. The van der Waals surface area contributed by atoms with E-state index in [1.807, 2.05) is 17.9 Å². The van der Waals surface area contributed by atoms with E-state index in [2.05, 4.69) is 23.9 Å². The Kier molecular flexibility index (Phi) is 8.07. The highest BCUT2D eigenvalue weighted by atomic mass is 16.5. The predicted molar refractivity (Wildman–Crippen MR) is 136 cm³/mol. The number of carbonyl (C=O) groups is 3. The molecule has 36 heavy (non-hydrogen) atoms. The number of carbonyl (C=O) groups excluding carboxylic acids is 3. The Morgan fingerprint density at radius 3 is 2.53 bits per heavy atom. The second kappa shape index (κ2) is 11.1. The number of alkyl carbamates (subject to hydrolysis) is 1. The maximum atomic E-state index is 13.9. The summed E-state index contributed by atoms with van der Waals surface area (Å²) in [7, 11) is 1.30. The van der Waals surface area contributed by atoms with Gasteiger partial charge in [-0.1, -0.05) is 19.3 Å². The number of hydrogen-bond donors (Lipinski definition) is 1. The average molecular weight is 502 g/mol. The van der Waals surface area contributed by atoms with Gasteiger partial charge in [-0.3, -0.25) is 9.59 Å². The van der Waals surface area contributed by atoms with Gasteiger partial charge >= 0.3 is 6.09 Å². The van der Waals surface area contributed by atoms with Crippen molar-refractivity contribution >= 4 is 23.6 Å². The lowest BCUT2D eigenvalue weighted by molar-refractivity contribution is -0.144. The number of methoxy groups -OCH3 is 1. The second-order valence-electron chi connectivity index (χ2n) is 10.3. The van der Waals surface area contributed by atoms with Crippen LogP contribution in [0.4, 0.5) is 10.5 Å². The highest BCUT2D eigenvalue weighted by Crippen LogP contribution is 2.43. The van der Waals surface area contributed by atoms with Crippen LogP contribution in [-0.4, -0.2) is 73.9 Å². The minimum absolute atomic E-state index is 0.0105. The van der Waals surface area contributed by atoms with E-state index < -0.39 is 11.7 Å². The van der Waals surface area contributed by atoms with Crippen LogP contribution < -0.4 is 15.0 Å². The number of nitrogens with one attached hydrogen (secondary N) is 1. The molecule has 2 fully saturated rings. The highest BCUT2D eigenvalue weighted by Gasteiger charge is 2.49. The second-order valence-corrected chi connectivity index (χ2v) is 10.3. The molecular formula is C27H39N3O6. The van der Waals surface area contributed by atoms with Crippen LogP contribution in [-0.2, 0) is 14.3 Å². The van der Waals surface area contributed by atoms with E-state index in [0.717, 1.165) is 31.2 Å². The van der Waals surface area contributed by atoms with E-state index in [0.29, 0.717) is 43.1 Å². The molecule has 0 unspecified atom stereocenters. The van der Waals surface area contributed by atoms with Crippen LogP contribution in [0.15, 0.2) is 12.1 Å². The lowest BCUT2D eigenvalue weighted by atomic mass is 9.89. The largest absolute Gasteiger partial charge is 0.475 e. The third kappa shape index (κ3) is 5.16. The summed E-state index contributed by atoms with van der Waals surface area (Å²) in [6, 6.07) is 3.98. The molecule has 2 heterocycles. The predicted octanol–water partition coefficient (Wildman–Crippen LogP) is 3.81. The molecule has 0 radical (unpaired) electrons. The molecule has 4 rings (SSSR count). The van der Waals surface area contributed by atoms with Crippen LogP contribution in [0.3, 0.4) is 0 Å². The van der Waals surface area contributed by atoms with Crippen molar-refractivity contribution in [3.05, 3.63) is 23.3 Å². The minimum atomic E-state index is -0.999. The van der Waals surface area contributed by atoms with Crippen LogP contribution in [0.5, 0.6) is 5.75 Å². The van der Waals surface area contributed by atoms with Gasteiger partial charge in [-0.05, 0) is 51.3 Å². The van der Waals surface area contributed by atoms with E-state index >= 15 is 0 Å². The lowest BCUT2D eigenvalue weighted by Crippen LogP contribution is -2.59. The van der Waals surface area contributed by atoms with E-state index in [1.165, 1.54) is 13.5 Å². The zero-order valence-electron chi connectivity index (χ0n) is 21.9. The summed E-state index contributed by atoms with van der Waals surface area (Å²) in [6.45, 7) is 7.37. The summed E-state index contributed by atoms with van der Waals surface area (Å²) < 4.78 is 16.6. The van der Waals surface area contributed by atoms with Gasteiger partial charge in [-0.15, -0.1) is 0 Å². The molecule has 1 N–H and O–H groups in total. The third-order valence-corrected chi connectivity index (χ3v) is 7.62. The van der Waals surface area contributed by atoms with Gasteiger partial charge in [0.25, 0.3) is 11.8 Å². The van der Waals surface area contributed by atoms with Crippen LogP contribution in [0.2, 0.25) is 0 Å². The van der Waals surface area contributed by atoms with Crippen LogP contribution in [0.25, 0.3) is 0 Å². The van der Waals surface area contributed by atoms with Crippen LogP contribution in [0.1, 0.15) is 74.7 Å². The van der Waals surface area contributed by atoms with Crippen LogP contribution >= 0.6 is 0 Å². The Balaban J connectivity index is 1.69. The van der Waals surface area contributed by atoms with Crippen molar-refractivity contribution in [2.24, 2.45) is 0 Å². The molecule has 2 aliphatic heterocycles. The molecule has 198 valence electrons. The van der Waals surface area contributed by atoms with E-state index in [-0.39, 0.29) is 37.0 Å². The fraction of sp³-hybridized carbons (Fsp3) is 0.667. The van der Waals surface area contributed by atoms with Gasteiger partial charge in [0, 0.05) is 43.6 Å². The Bertz CT molecular complexity index is 982. The van der Waals surface area contributed by atoms with Crippen molar-refractivity contribution in [3.8, 4) is 5.75 Å². The maximum Gasteiger partial charge on any atom is 0.406 e. The van der Waals surface area contributed by atoms with Crippen molar-refractivity contribution < 1.29 is 28.6 Å². The van der Waals surface area contributed by atoms with Gasteiger partial charge in [0.1, 0.15) is 5.75 Å². The number of benzene rings is 1. The van der Waals surface area contributed by atoms with E-state index in [9.17, 15) is 14.4 Å². The Labute approximate surface area is 213 Å². The molecule has 9 nitrogen and oxygen atoms in total. The molecule has 0 bridgehead atoms. The SMILES string of the molecule is COC(=O)NCCN1C(=O)C2(CCOCC2)Oc2cc(C)c(C(=O)N(C(C)C)C3CCCCC3)cc21. The van der Waals surface area contributed by atoms with E-state index in [4.69, 9.17) is 9.47 Å². The standard InChI is InChI=1S/C27H39N3O6/c1-18(2)30(20-8-6-5-7-9-20)24(31)21-17-22-23(16-19(21)3)36-27(10-14-35-15-11-27)25(32)29(22)13-12-28-26(33)34-4/h16-18,20H,5-15H2,1-4H3,(H,28,33). The van der Waals surface area contributed by atoms with Crippen molar-refractivity contribution in [1.82, 2.24) is 10.2 Å². The molecule has 1 saturated heterocycles. The summed E-state index contributed by atoms with van der Waals surface area (Å²) in [5.74, 6) is 0.404. The number of rotatable bonds is 6. The van der Waals surface area contributed by atoms with E-state index in [1.54, 1.807) is 11.0 Å². The molecule has 1 aliphatic carbocycles. The zero-order chi connectivity index (χ0) is 25.9. The molecular weight excluding hydrogens is 462 g/mol. The van der Waals surface area contributed by atoms with Crippen LogP contribution in [0, 0.1) is 6.92 Å². The van der Waals surface area contributed by atoms with Gasteiger partial charge in [0.05, 0.1) is 26.0 Å². The lowest BCUT2D eigenvalue weighted by Gasteiger charge is -2.44. The summed E-state index contributed by atoms with van der Waals surface area (Å²) >= 11 is 0. The summed E-state index contributed by atoms with van der Waals surface area (Å²) in [5.41, 5.74) is 0.966. The van der Waals surface area contributed by atoms with Crippen molar-refractivity contribution in [1.29, 1.82) is 0 Å². The molecule has 1 aromatic carbocycles. The molecule has 1 saturated carbocycles. The number of nitrogens with zero attached hydrogens (tertiary/aromatic N) is 2. The van der Waals surface area contributed by atoms with Gasteiger partial charge < -0.3 is 29.3 Å². The molecule has 9 heteroatoms. The maximum absolute atomic E-state index is 13.9. The van der Waals surface area contributed by atoms with Gasteiger partial charge in [0.2, 0.25) is 0 Å². The number of anilines is 1. The molecule has 1 aromatic rings. The molecule has 1 spiro atoms. The Morgan fingerprint density at radius 2 is 1.89 bits per heavy atom. The number of fused-ring (bicyclic) bond motifs is 1. The summed E-state index contributed by atoms with van der Waals surface area (Å²) in [5, 5.41) is 2.65. The van der Waals surface area contributed by atoms with Crippen molar-refractivity contribution in [3.63, 3.8) is 0 Å². The number of amides is 3. The first-order valence-electron chi connectivity index (χ1n) is 13.2. The number of ether oxygens (including phenoxy) is 3. The fourth-order valence-corrected chi connectivity index (χ4v) is 5.70. The first-order valence-corrected chi connectivity index (χ1v) is 13.2. The smallest absolute Gasteiger partial charge is 0.406 e. The Hall–Kier alpha value is -2.81. The number of hydrogen-bond acceptors (Lipinski definition) is 6. The third-order valence-electron chi connectivity index (χ3n) is 7.62. The first-order chi connectivity index (χ1) is 17.3.